The van der Waals surface area contributed by atoms with Gasteiger partial charge in [0, 0.05) is 17.8 Å². The van der Waals surface area contributed by atoms with Gasteiger partial charge in [-0.15, -0.1) is 11.6 Å². The van der Waals surface area contributed by atoms with Crippen LogP contribution in [0.1, 0.15) is 42.6 Å². The lowest BCUT2D eigenvalue weighted by atomic mass is 10.1. The summed E-state index contributed by atoms with van der Waals surface area (Å²) in [5.74, 6) is 1.42. The summed E-state index contributed by atoms with van der Waals surface area (Å²) in [6.45, 7) is 5.27. The van der Waals surface area contributed by atoms with E-state index in [0.29, 0.717) is 5.88 Å². The summed E-state index contributed by atoms with van der Waals surface area (Å²) in [4.78, 5) is 0. The van der Waals surface area contributed by atoms with Gasteiger partial charge in [-0.3, -0.25) is 4.68 Å². The van der Waals surface area contributed by atoms with E-state index in [9.17, 15) is 0 Å². The van der Waals surface area contributed by atoms with Crippen LogP contribution >= 0.6 is 11.6 Å². The number of nitrogens with zero attached hydrogens (tertiary/aromatic N) is 2. The van der Waals surface area contributed by atoms with Crippen molar-refractivity contribution in [1.82, 2.24) is 9.78 Å². The molecule has 3 heteroatoms. The van der Waals surface area contributed by atoms with Crippen molar-refractivity contribution in [2.75, 3.05) is 0 Å². The molecule has 2 rings (SSSR count). The van der Waals surface area contributed by atoms with E-state index in [1.807, 2.05) is 0 Å². The Balaban J connectivity index is 2.13. The van der Waals surface area contributed by atoms with Crippen LogP contribution in [0, 0.1) is 19.8 Å². The van der Waals surface area contributed by atoms with Gasteiger partial charge in [-0.2, -0.15) is 5.10 Å². The number of hydrogen-bond acceptors (Lipinski definition) is 1. The number of aryl methyl sites for hydroxylation is 1. The minimum Gasteiger partial charge on any atom is -0.269 e. The zero-order chi connectivity index (χ0) is 10.8. The van der Waals surface area contributed by atoms with E-state index in [-0.39, 0.29) is 0 Å². The molecule has 1 aliphatic rings. The second kappa shape index (κ2) is 4.56. The molecule has 0 radical (unpaired) electrons. The molecule has 0 aromatic carbocycles. The Morgan fingerprint density at radius 2 is 2.00 bits per heavy atom. The van der Waals surface area contributed by atoms with Gasteiger partial charge in [0.2, 0.25) is 0 Å². The molecule has 84 valence electrons. The van der Waals surface area contributed by atoms with Gasteiger partial charge >= 0.3 is 0 Å². The Hall–Kier alpha value is -0.500. The van der Waals surface area contributed by atoms with Gasteiger partial charge in [0.25, 0.3) is 0 Å². The van der Waals surface area contributed by atoms with Gasteiger partial charge in [-0.1, -0.05) is 12.8 Å². The second-order valence-electron chi connectivity index (χ2n) is 4.62. The van der Waals surface area contributed by atoms with Gasteiger partial charge in [-0.25, -0.2) is 0 Å². The first-order valence-electron chi connectivity index (χ1n) is 5.81. The maximum atomic E-state index is 5.91. The van der Waals surface area contributed by atoms with E-state index in [4.69, 9.17) is 11.6 Å². The fourth-order valence-electron chi connectivity index (χ4n) is 2.54. The third kappa shape index (κ3) is 2.20. The molecule has 0 unspecified atom stereocenters. The summed E-state index contributed by atoms with van der Waals surface area (Å²) in [6.07, 6.45) is 5.53. The Kier molecular flexibility index (Phi) is 3.35. The van der Waals surface area contributed by atoms with Crippen molar-refractivity contribution >= 4 is 11.6 Å². The molecule has 0 spiro atoms. The third-order valence-corrected chi connectivity index (χ3v) is 3.84. The average molecular weight is 227 g/mol. The van der Waals surface area contributed by atoms with Crippen LogP contribution in [0.25, 0.3) is 0 Å². The maximum absolute atomic E-state index is 5.91. The van der Waals surface area contributed by atoms with Crippen LogP contribution in [-0.2, 0) is 12.4 Å². The monoisotopic (exact) mass is 226 g/mol. The van der Waals surface area contributed by atoms with Crippen molar-refractivity contribution in [3.63, 3.8) is 0 Å². The summed E-state index contributed by atoms with van der Waals surface area (Å²) < 4.78 is 2.16. The molecule has 1 aromatic rings. The van der Waals surface area contributed by atoms with Gasteiger partial charge in [-0.05, 0) is 32.6 Å². The first-order chi connectivity index (χ1) is 7.22. The van der Waals surface area contributed by atoms with Gasteiger partial charge in [0.15, 0.2) is 0 Å². The molecule has 0 bridgehead atoms. The van der Waals surface area contributed by atoms with E-state index < -0.39 is 0 Å². The van der Waals surface area contributed by atoms with Crippen LogP contribution in [0.15, 0.2) is 0 Å². The van der Waals surface area contributed by atoms with E-state index >= 15 is 0 Å². The number of aromatic nitrogens is 2. The summed E-state index contributed by atoms with van der Waals surface area (Å²) in [5, 5.41) is 4.58. The van der Waals surface area contributed by atoms with Crippen molar-refractivity contribution in [2.24, 2.45) is 5.92 Å². The van der Waals surface area contributed by atoms with Gasteiger partial charge < -0.3 is 0 Å². The van der Waals surface area contributed by atoms with Crippen LogP contribution in [0.4, 0.5) is 0 Å². The van der Waals surface area contributed by atoms with Crippen molar-refractivity contribution in [3.05, 3.63) is 17.0 Å². The molecule has 0 atom stereocenters. The highest BCUT2D eigenvalue weighted by Crippen LogP contribution is 2.27. The molecule has 1 heterocycles. The highest BCUT2D eigenvalue weighted by molar-refractivity contribution is 6.17. The van der Waals surface area contributed by atoms with Crippen molar-refractivity contribution in [2.45, 2.75) is 52.0 Å². The normalized spacial score (nSPS) is 17.5. The lowest BCUT2D eigenvalue weighted by Crippen LogP contribution is -2.10. The fourth-order valence-corrected chi connectivity index (χ4v) is 2.93. The first kappa shape index (κ1) is 11.0. The smallest absolute Gasteiger partial charge is 0.0640 e. The van der Waals surface area contributed by atoms with Crippen LogP contribution < -0.4 is 0 Å². The SMILES string of the molecule is Cc1nn(CC2CCCC2)c(C)c1CCl. The molecule has 15 heavy (non-hydrogen) atoms. The van der Waals surface area contributed by atoms with Gasteiger partial charge in [0.1, 0.15) is 0 Å². The van der Waals surface area contributed by atoms with E-state index in [1.165, 1.54) is 36.9 Å². The van der Waals surface area contributed by atoms with Gasteiger partial charge in [0.05, 0.1) is 11.6 Å². The van der Waals surface area contributed by atoms with E-state index in [1.54, 1.807) is 0 Å². The van der Waals surface area contributed by atoms with Crippen LogP contribution in [0.3, 0.4) is 0 Å². The third-order valence-electron chi connectivity index (χ3n) is 3.57. The minimum absolute atomic E-state index is 0.586. The summed E-state index contributed by atoms with van der Waals surface area (Å²) in [7, 11) is 0. The van der Waals surface area contributed by atoms with Crippen molar-refractivity contribution in [3.8, 4) is 0 Å². The number of hydrogen-bond donors (Lipinski definition) is 0. The zero-order valence-corrected chi connectivity index (χ0v) is 10.3. The Morgan fingerprint density at radius 1 is 1.33 bits per heavy atom. The zero-order valence-electron chi connectivity index (χ0n) is 9.59. The van der Waals surface area contributed by atoms with Crippen LogP contribution in [-0.4, -0.2) is 9.78 Å². The quantitative estimate of drug-likeness (QED) is 0.723. The lowest BCUT2D eigenvalue weighted by Gasteiger charge is -2.10. The molecule has 0 aliphatic heterocycles. The molecule has 0 saturated heterocycles. The number of alkyl halides is 1. The van der Waals surface area contributed by atoms with Crippen molar-refractivity contribution in [1.29, 1.82) is 0 Å². The number of halogens is 1. The molecule has 0 amide bonds. The lowest BCUT2D eigenvalue weighted by molar-refractivity contribution is 0.421. The highest BCUT2D eigenvalue weighted by atomic mass is 35.5. The Bertz CT molecular complexity index is 338. The minimum atomic E-state index is 0.586. The second-order valence-corrected chi connectivity index (χ2v) is 4.88. The molecule has 2 nitrogen and oxygen atoms in total. The molecule has 1 saturated carbocycles. The average Bonchev–Trinajstić information content (AvgIpc) is 2.78. The maximum Gasteiger partial charge on any atom is 0.0640 e. The predicted molar refractivity (Wildman–Crippen MR) is 63.2 cm³/mol. The van der Waals surface area contributed by atoms with Crippen LogP contribution in [0.5, 0.6) is 0 Å². The topological polar surface area (TPSA) is 17.8 Å². The Labute approximate surface area is 96.6 Å². The molecule has 1 fully saturated rings. The largest absolute Gasteiger partial charge is 0.269 e. The Morgan fingerprint density at radius 3 is 2.53 bits per heavy atom. The van der Waals surface area contributed by atoms with E-state index in [2.05, 4.69) is 23.6 Å². The summed E-state index contributed by atoms with van der Waals surface area (Å²) >= 11 is 5.91. The fraction of sp³-hybridized carbons (Fsp3) is 0.750. The molecule has 1 aliphatic carbocycles. The van der Waals surface area contributed by atoms with Crippen molar-refractivity contribution < 1.29 is 0 Å². The molecular formula is C12H19ClN2. The summed E-state index contributed by atoms with van der Waals surface area (Å²) in [5.41, 5.74) is 3.57. The van der Waals surface area contributed by atoms with Crippen LogP contribution in [0.2, 0.25) is 0 Å². The highest BCUT2D eigenvalue weighted by Gasteiger charge is 2.18. The summed E-state index contributed by atoms with van der Waals surface area (Å²) in [6, 6.07) is 0. The predicted octanol–water partition coefficient (Wildman–Crippen LogP) is 3.43. The molecule has 1 aromatic heterocycles. The molecule has 0 N–H and O–H groups in total. The first-order valence-corrected chi connectivity index (χ1v) is 6.34. The standard InChI is InChI=1S/C12H19ClN2/c1-9-12(7-13)10(2)15(14-9)8-11-5-3-4-6-11/h11H,3-8H2,1-2H3. The van der Waals surface area contributed by atoms with E-state index in [0.717, 1.165) is 18.2 Å². The number of rotatable bonds is 3. The molecular weight excluding hydrogens is 208 g/mol.